The van der Waals surface area contributed by atoms with Crippen LogP contribution < -0.4 is 4.90 Å². The van der Waals surface area contributed by atoms with Gasteiger partial charge in [0.15, 0.2) is 0 Å². The molecule has 206 valence electrons. The number of carbonyl (C=O) groups is 1. The highest BCUT2D eigenvalue weighted by Crippen LogP contribution is 2.31. The van der Waals surface area contributed by atoms with Crippen LogP contribution in [0.15, 0.2) is 46.9 Å². The molecule has 0 N–H and O–H groups in total. The number of benzene rings is 2. The molecular weight excluding hydrogens is 524 g/mol. The molecule has 7 nitrogen and oxygen atoms in total. The maximum absolute atomic E-state index is 15.2. The average Bonchev–Trinajstić information content (AvgIpc) is 3.34. The molecule has 2 amide bonds. The number of nitrogens with zero attached hydrogens (tertiary/aromatic N) is 4. The van der Waals surface area contributed by atoms with Crippen molar-refractivity contribution >= 4 is 22.5 Å². The summed E-state index contributed by atoms with van der Waals surface area (Å²) in [5.41, 5.74) is 1.58. The standard InChI is InChI=1S/C26H30F4N4O3S/c1-6-33(13-14-38(5)36)24(35)34(20-11-9-19(10-12-20)25(2,3)4)16-18-8-7-17(15-21(18)27)22-31-32-23(37-22)26(28,29)30/h7-12,15H,6,13-14,16H2,1-5H3. The predicted octanol–water partition coefficient (Wildman–Crippen LogP) is 6.02. The number of amides is 2. The summed E-state index contributed by atoms with van der Waals surface area (Å²) in [4.78, 5) is 16.5. The Labute approximate surface area is 221 Å². The normalized spacial score (nSPS) is 12.9. The summed E-state index contributed by atoms with van der Waals surface area (Å²) in [7, 11) is -1.10. The van der Waals surface area contributed by atoms with Gasteiger partial charge in [-0.05, 0) is 42.2 Å². The SMILES string of the molecule is CCN(CCS(C)=O)C(=O)N(Cc1ccc(-c2nnc(C(F)(F)F)o2)cc1F)c1ccc(C(C)(C)C)cc1. The van der Waals surface area contributed by atoms with Gasteiger partial charge >= 0.3 is 18.1 Å². The molecule has 1 aromatic heterocycles. The number of carbonyl (C=O) groups excluding carboxylic acids is 1. The molecule has 0 spiro atoms. The number of anilines is 1. The largest absolute Gasteiger partial charge is 0.470 e. The van der Waals surface area contributed by atoms with Gasteiger partial charge in [0.05, 0.1) is 6.54 Å². The number of aromatic nitrogens is 2. The predicted molar refractivity (Wildman–Crippen MR) is 138 cm³/mol. The smallest absolute Gasteiger partial charge is 0.413 e. The number of alkyl halides is 3. The Balaban J connectivity index is 1.94. The highest BCUT2D eigenvalue weighted by molar-refractivity contribution is 7.84. The van der Waals surface area contributed by atoms with Crippen LogP contribution in [0, 0.1) is 5.82 Å². The molecule has 12 heteroatoms. The molecule has 1 heterocycles. The van der Waals surface area contributed by atoms with Crippen LogP contribution in [0.2, 0.25) is 0 Å². The van der Waals surface area contributed by atoms with E-state index in [1.807, 2.05) is 12.1 Å². The summed E-state index contributed by atoms with van der Waals surface area (Å²) in [6, 6.07) is 10.7. The van der Waals surface area contributed by atoms with E-state index in [2.05, 4.69) is 35.4 Å². The van der Waals surface area contributed by atoms with Crippen molar-refractivity contribution in [3.8, 4) is 11.5 Å². The van der Waals surface area contributed by atoms with Gasteiger partial charge in [0.1, 0.15) is 5.82 Å². The van der Waals surface area contributed by atoms with Gasteiger partial charge in [-0.25, -0.2) is 9.18 Å². The second kappa shape index (κ2) is 11.6. The van der Waals surface area contributed by atoms with E-state index >= 15 is 4.39 Å². The first-order valence-corrected chi connectivity index (χ1v) is 13.6. The molecule has 1 unspecified atom stereocenters. The third-order valence-corrected chi connectivity index (χ3v) is 6.63. The Kier molecular flexibility index (Phi) is 8.96. The second-order valence-corrected chi connectivity index (χ2v) is 11.3. The Bertz CT molecular complexity index is 1290. The fourth-order valence-electron chi connectivity index (χ4n) is 3.64. The van der Waals surface area contributed by atoms with Gasteiger partial charge in [-0.1, -0.05) is 39.0 Å². The van der Waals surface area contributed by atoms with E-state index in [1.165, 1.54) is 21.9 Å². The summed E-state index contributed by atoms with van der Waals surface area (Å²) in [5, 5.41) is 6.32. The van der Waals surface area contributed by atoms with Gasteiger partial charge < -0.3 is 9.32 Å². The summed E-state index contributed by atoms with van der Waals surface area (Å²) in [6.45, 7) is 8.45. The summed E-state index contributed by atoms with van der Waals surface area (Å²) in [5.74, 6) is -2.46. The van der Waals surface area contributed by atoms with Crippen molar-refractivity contribution in [3.05, 3.63) is 65.3 Å². The van der Waals surface area contributed by atoms with Gasteiger partial charge in [-0.2, -0.15) is 13.2 Å². The maximum Gasteiger partial charge on any atom is 0.470 e. The van der Waals surface area contributed by atoms with E-state index in [1.54, 1.807) is 25.3 Å². The van der Waals surface area contributed by atoms with E-state index < -0.39 is 40.6 Å². The van der Waals surface area contributed by atoms with Crippen molar-refractivity contribution in [2.75, 3.05) is 30.0 Å². The average molecular weight is 555 g/mol. The zero-order chi connectivity index (χ0) is 28.3. The lowest BCUT2D eigenvalue weighted by Crippen LogP contribution is -2.44. The third kappa shape index (κ3) is 7.18. The molecular formula is C26H30F4N4O3S. The Hall–Kier alpha value is -3.28. The molecule has 0 saturated carbocycles. The van der Waals surface area contributed by atoms with Crippen LogP contribution >= 0.6 is 0 Å². The van der Waals surface area contributed by atoms with E-state index in [0.29, 0.717) is 18.0 Å². The fraction of sp³-hybridized carbons (Fsp3) is 0.423. The van der Waals surface area contributed by atoms with Crippen LogP contribution in [0.4, 0.5) is 28.0 Å². The van der Waals surface area contributed by atoms with Gasteiger partial charge in [0.2, 0.25) is 5.89 Å². The van der Waals surface area contributed by atoms with Gasteiger partial charge in [-0.3, -0.25) is 9.11 Å². The van der Waals surface area contributed by atoms with E-state index in [-0.39, 0.29) is 29.6 Å². The van der Waals surface area contributed by atoms with Crippen molar-refractivity contribution in [2.45, 2.75) is 45.8 Å². The number of hydrogen-bond donors (Lipinski definition) is 0. The maximum atomic E-state index is 15.2. The topological polar surface area (TPSA) is 79.5 Å². The van der Waals surface area contributed by atoms with Crippen molar-refractivity contribution in [3.63, 3.8) is 0 Å². The quantitative estimate of drug-likeness (QED) is 0.318. The van der Waals surface area contributed by atoms with Crippen LogP contribution in [0.5, 0.6) is 0 Å². The molecule has 0 fully saturated rings. The van der Waals surface area contributed by atoms with E-state index in [4.69, 9.17) is 0 Å². The van der Waals surface area contributed by atoms with Crippen molar-refractivity contribution in [2.24, 2.45) is 0 Å². The molecule has 0 saturated heterocycles. The van der Waals surface area contributed by atoms with Crippen molar-refractivity contribution in [1.82, 2.24) is 15.1 Å². The first kappa shape index (κ1) is 29.3. The molecule has 1 atom stereocenters. The Morgan fingerprint density at radius 1 is 1.05 bits per heavy atom. The monoisotopic (exact) mass is 554 g/mol. The second-order valence-electron chi connectivity index (χ2n) is 9.74. The molecule has 0 aliphatic carbocycles. The number of halogens is 4. The van der Waals surface area contributed by atoms with Crippen LogP contribution in [-0.2, 0) is 28.9 Å². The minimum atomic E-state index is -4.82. The number of urea groups is 1. The number of rotatable bonds is 8. The highest BCUT2D eigenvalue weighted by Gasteiger charge is 2.38. The molecule has 3 aromatic rings. The molecule has 2 aromatic carbocycles. The Morgan fingerprint density at radius 3 is 2.21 bits per heavy atom. The van der Waals surface area contributed by atoms with Crippen LogP contribution in [0.25, 0.3) is 11.5 Å². The molecule has 0 radical (unpaired) electrons. The van der Waals surface area contributed by atoms with E-state index in [0.717, 1.165) is 11.6 Å². The third-order valence-electron chi connectivity index (χ3n) is 5.87. The lowest BCUT2D eigenvalue weighted by molar-refractivity contribution is -0.156. The van der Waals surface area contributed by atoms with Gasteiger partial charge in [-0.15, -0.1) is 10.2 Å². The fourth-order valence-corrected chi connectivity index (χ4v) is 4.12. The summed E-state index contributed by atoms with van der Waals surface area (Å²) >= 11 is 0. The summed E-state index contributed by atoms with van der Waals surface area (Å²) < 4.78 is 69.8. The Morgan fingerprint density at radius 2 is 1.71 bits per heavy atom. The highest BCUT2D eigenvalue weighted by atomic mass is 32.2. The zero-order valence-corrected chi connectivity index (χ0v) is 22.6. The van der Waals surface area contributed by atoms with Crippen LogP contribution in [0.1, 0.15) is 44.7 Å². The van der Waals surface area contributed by atoms with E-state index in [9.17, 15) is 22.2 Å². The number of hydrogen-bond acceptors (Lipinski definition) is 5. The van der Waals surface area contributed by atoms with Crippen LogP contribution in [0.3, 0.4) is 0 Å². The molecule has 0 aliphatic rings. The minimum absolute atomic E-state index is 0.0257. The first-order valence-electron chi connectivity index (χ1n) is 11.9. The zero-order valence-electron chi connectivity index (χ0n) is 21.8. The van der Waals surface area contributed by atoms with Gasteiger partial charge in [0.25, 0.3) is 0 Å². The lowest BCUT2D eigenvalue weighted by atomic mass is 9.87. The lowest BCUT2D eigenvalue weighted by Gasteiger charge is -2.31. The van der Waals surface area contributed by atoms with Gasteiger partial charge in [0, 0.05) is 52.7 Å². The molecule has 3 rings (SSSR count). The molecule has 38 heavy (non-hydrogen) atoms. The molecule has 0 bridgehead atoms. The summed E-state index contributed by atoms with van der Waals surface area (Å²) in [6.07, 6.45) is -3.26. The van der Waals surface area contributed by atoms with Crippen molar-refractivity contribution < 1.29 is 31.0 Å². The van der Waals surface area contributed by atoms with Crippen molar-refractivity contribution in [1.29, 1.82) is 0 Å². The van der Waals surface area contributed by atoms with Crippen LogP contribution in [-0.4, -0.2) is 50.4 Å². The first-order chi connectivity index (χ1) is 17.7. The molecule has 0 aliphatic heterocycles. The minimum Gasteiger partial charge on any atom is -0.413 e.